The van der Waals surface area contributed by atoms with Gasteiger partial charge in [-0.15, -0.1) is 0 Å². The lowest BCUT2D eigenvalue weighted by atomic mass is 9.55. The van der Waals surface area contributed by atoms with Gasteiger partial charge in [-0.2, -0.15) is 0 Å². The summed E-state index contributed by atoms with van der Waals surface area (Å²) in [6.45, 7) is 1.03. The molecule has 68 heavy (non-hydrogen) atoms. The van der Waals surface area contributed by atoms with E-state index in [4.69, 9.17) is 32.4 Å². The van der Waals surface area contributed by atoms with Crippen LogP contribution in [0.25, 0.3) is 21.7 Å². The molecule has 5 amide bonds. The van der Waals surface area contributed by atoms with E-state index in [2.05, 4.69) is 26.6 Å². The molecule has 4 heterocycles. The first-order chi connectivity index (χ1) is 33.0. The number of amides is 5. The zero-order chi connectivity index (χ0) is 47.2. The zero-order valence-corrected chi connectivity index (χ0v) is 38.7. The van der Waals surface area contributed by atoms with E-state index in [1.54, 1.807) is 54.8 Å². The summed E-state index contributed by atoms with van der Waals surface area (Å²) in [7, 11) is 0. The second kappa shape index (κ2) is 18.7. The lowest BCUT2D eigenvalue weighted by Crippen LogP contribution is -2.60. The zero-order valence-electron chi connectivity index (χ0n) is 37.2. The Kier molecular flexibility index (Phi) is 12.5. The number of hydrogen-bond acceptors (Lipinski definition) is 8. The Bertz CT molecular complexity index is 2990. The number of unbranched alkanes of at least 4 members (excludes halogenated alkanes) is 3. The molecular weight excluding hydrogens is 909 g/mol. The molecule has 1 aliphatic carbocycles. The standard InChI is InChI=1S/C53H50Cl2FN5O7/c54-32-14-20-39-41(28-32)59-51(66)53(39)45(37-9-8-10-40(55)46(37)56)47(61-52(53)23-4-3-5-24-52)50(65)58-33-15-11-30(12-16-33)48(63)57-25-6-1-2-7-26-67-34-17-18-35-31(27-34)13-21-42-44(35)38(29-68-42)36-19-22-43(62)60-49(36)64/h8-18,20-21,27-29,36,45,47,61H,1-7,19,22-26H2,(H,57,63)(H,58,65)(H,59,66)(H,60,62,64)/t36?,45?,47-,53-/m1/s1. The van der Waals surface area contributed by atoms with Crippen LogP contribution >= 0.6 is 23.2 Å². The number of rotatable bonds is 13. The van der Waals surface area contributed by atoms with Gasteiger partial charge in [-0.25, -0.2) is 4.39 Å². The molecule has 0 bridgehead atoms. The van der Waals surface area contributed by atoms with Crippen molar-refractivity contribution in [3.05, 3.63) is 135 Å². The Morgan fingerprint density at radius 2 is 1.66 bits per heavy atom. The fraction of sp³-hybridized carbons (Fsp3) is 0.340. The van der Waals surface area contributed by atoms with Crippen molar-refractivity contribution < 1.29 is 37.5 Å². The molecule has 3 fully saturated rings. The predicted octanol–water partition coefficient (Wildman–Crippen LogP) is 10.2. The van der Waals surface area contributed by atoms with Gasteiger partial charge in [0.05, 0.1) is 29.9 Å². The third-order valence-corrected chi connectivity index (χ3v) is 15.0. The SMILES string of the molecule is O=C1CCC(c2coc3ccc4cc(OCCCCCCNC(=O)c5ccc(NC(=O)[C@@H]6NC7(CCCCC7)[C@@]7(C(=O)Nc8cc(Cl)ccc87)C6c6cccc(Cl)c6F)cc5)ccc4c23)C(=O)N1. The summed E-state index contributed by atoms with van der Waals surface area (Å²) >= 11 is 12.8. The summed E-state index contributed by atoms with van der Waals surface area (Å²) in [6.07, 6.45) is 9.62. The molecule has 2 saturated heterocycles. The van der Waals surface area contributed by atoms with Crippen molar-refractivity contribution in [2.75, 3.05) is 23.8 Å². The fourth-order valence-electron chi connectivity index (χ4n) is 11.4. The van der Waals surface area contributed by atoms with Crippen molar-refractivity contribution in [1.29, 1.82) is 0 Å². The van der Waals surface area contributed by atoms with Crippen LogP contribution in [0.5, 0.6) is 5.75 Å². The van der Waals surface area contributed by atoms with Gasteiger partial charge in [0.25, 0.3) is 5.91 Å². The minimum absolute atomic E-state index is 0.0997. The van der Waals surface area contributed by atoms with Crippen molar-refractivity contribution in [3.8, 4) is 5.75 Å². The van der Waals surface area contributed by atoms with E-state index in [1.807, 2.05) is 36.4 Å². The van der Waals surface area contributed by atoms with E-state index in [0.717, 1.165) is 72.4 Å². The number of imide groups is 1. The van der Waals surface area contributed by atoms with Crippen molar-refractivity contribution in [2.45, 2.75) is 99.5 Å². The maximum atomic E-state index is 16.3. The van der Waals surface area contributed by atoms with Crippen LogP contribution in [-0.2, 0) is 24.6 Å². The molecule has 3 aliphatic heterocycles. The molecule has 1 saturated carbocycles. The quantitative estimate of drug-likeness (QED) is 0.0563. The van der Waals surface area contributed by atoms with Gasteiger partial charge in [0.15, 0.2) is 0 Å². The normalized spacial score (nSPS) is 21.8. The van der Waals surface area contributed by atoms with Gasteiger partial charge < -0.3 is 25.1 Å². The summed E-state index contributed by atoms with van der Waals surface area (Å²) in [5, 5.41) is 18.2. The molecule has 4 atom stereocenters. The second-order valence-corrected chi connectivity index (χ2v) is 19.3. The largest absolute Gasteiger partial charge is 0.494 e. The number of anilines is 2. The van der Waals surface area contributed by atoms with Crippen molar-refractivity contribution in [1.82, 2.24) is 16.0 Å². The van der Waals surface area contributed by atoms with E-state index in [9.17, 15) is 24.0 Å². The third-order valence-electron chi connectivity index (χ3n) is 14.5. The minimum atomic E-state index is -1.35. The van der Waals surface area contributed by atoms with Gasteiger partial charge in [0.1, 0.15) is 22.6 Å². The van der Waals surface area contributed by atoms with Crippen molar-refractivity contribution in [2.24, 2.45) is 0 Å². The Balaban J connectivity index is 0.733. The van der Waals surface area contributed by atoms with Crippen LogP contribution in [0.3, 0.4) is 0 Å². The van der Waals surface area contributed by atoms with Crippen molar-refractivity contribution in [3.63, 3.8) is 0 Å². The molecule has 12 nitrogen and oxygen atoms in total. The summed E-state index contributed by atoms with van der Waals surface area (Å²) in [5.41, 5.74) is 1.52. The summed E-state index contributed by atoms with van der Waals surface area (Å²) in [6, 6.07) is 25.3. The first kappa shape index (κ1) is 45.5. The van der Waals surface area contributed by atoms with E-state index in [1.165, 1.54) is 6.07 Å². The van der Waals surface area contributed by atoms with Crippen molar-refractivity contribution >= 4 is 85.9 Å². The minimum Gasteiger partial charge on any atom is -0.494 e. The van der Waals surface area contributed by atoms with Gasteiger partial charge in [-0.05, 0) is 121 Å². The Morgan fingerprint density at radius 1 is 0.853 bits per heavy atom. The molecule has 2 unspecified atom stereocenters. The highest BCUT2D eigenvalue weighted by Gasteiger charge is 2.72. The van der Waals surface area contributed by atoms with E-state index in [0.29, 0.717) is 71.9 Å². The Hall–Kier alpha value is -6.28. The highest BCUT2D eigenvalue weighted by molar-refractivity contribution is 6.31. The lowest BCUT2D eigenvalue weighted by Gasteiger charge is -2.47. The summed E-state index contributed by atoms with van der Waals surface area (Å²) in [5.74, 6) is -2.89. The second-order valence-electron chi connectivity index (χ2n) is 18.4. The molecule has 350 valence electrons. The number of nitrogens with one attached hydrogen (secondary N) is 5. The van der Waals surface area contributed by atoms with Crippen LogP contribution in [0.15, 0.2) is 102 Å². The molecule has 1 aromatic heterocycles. The number of ether oxygens (including phenoxy) is 1. The van der Waals surface area contributed by atoms with Gasteiger partial charge in [-0.1, -0.05) is 79.6 Å². The Labute approximate surface area is 402 Å². The van der Waals surface area contributed by atoms with Crippen LogP contribution in [0.1, 0.15) is 110 Å². The van der Waals surface area contributed by atoms with E-state index < -0.39 is 40.6 Å². The summed E-state index contributed by atoms with van der Waals surface area (Å²) < 4.78 is 28.2. The number of furan rings is 1. The predicted molar refractivity (Wildman–Crippen MR) is 259 cm³/mol. The maximum absolute atomic E-state index is 16.3. The molecule has 5 aromatic carbocycles. The molecule has 4 aliphatic rings. The molecule has 15 heteroatoms. The fourth-order valence-corrected chi connectivity index (χ4v) is 11.8. The number of halogens is 3. The lowest BCUT2D eigenvalue weighted by molar-refractivity contribution is -0.134. The highest BCUT2D eigenvalue weighted by Crippen LogP contribution is 2.63. The topological polar surface area (TPSA) is 168 Å². The molecule has 5 N–H and O–H groups in total. The van der Waals surface area contributed by atoms with E-state index >= 15 is 4.39 Å². The van der Waals surface area contributed by atoms with Crippen LogP contribution in [0.2, 0.25) is 10.0 Å². The molecule has 10 rings (SSSR count). The van der Waals surface area contributed by atoms with E-state index in [-0.39, 0.29) is 34.2 Å². The first-order valence-electron chi connectivity index (χ1n) is 23.4. The van der Waals surface area contributed by atoms with Gasteiger partial charge >= 0.3 is 0 Å². The van der Waals surface area contributed by atoms with Gasteiger partial charge in [0, 0.05) is 57.3 Å². The van der Waals surface area contributed by atoms with Gasteiger partial charge in [0.2, 0.25) is 23.6 Å². The van der Waals surface area contributed by atoms with Gasteiger partial charge in [-0.3, -0.25) is 34.6 Å². The average molecular weight is 959 g/mol. The monoisotopic (exact) mass is 957 g/mol. The first-order valence-corrected chi connectivity index (χ1v) is 24.2. The third kappa shape index (κ3) is 8.07. The van der Waals surface area contributed by atoms with Crippen LogP contribution in [-0.4, -0.2) is 54.3 Å². The molecule has 2 spiro atoms. The van der Waals surface area contributed by atoms with Crippen LogP contribution in [0, 0.1) is 5.82 Å². The average Bonchev–Trinajstić information content (AvgIpc) is 3.98. The smallest absolute Gasteiger partial charge is 0.251 e. The molecular formula is C53H50Cl2FN5O7. The number of carbonyl (C=O) groups excluding carboxylic acids is 5. The maximum Gasteiger partial charge on any atom is 0.251 e. The molecule has 6 aromatic rings. The summed E-state index contributed by atoms with van der Waals surface area (Å²) in [4.78, 5) is 66.6. The number of benzene rings is 5. The number of fused-ring (bicyclic) bond motifs is 6. The van der Waals surface area contributed by atoms with Crippen LogP contribution in [0.4, 0.5) is 15.8 Å². The molecule has 0 radical (unpaired) electrons. The highest BCUT2D eigenvalue weighted by atomic mass is 35.5. The Morgan fingerprint density at radius 3 is 2.47 bits per heavy atom. The van der Waals surface area contributed by atoms with Crippen LogP contribution < -0.4 is 31.3 Å². The number of hydrogen-bond donors (Lipinski definition) is 5. The number of piperidine rings is 1. The number of carbonyl (C=O) groups is 5.